The first-order valence-corrected chi connectivity index (χ1v) is 6.37. The Kier molecular flexibility index (Phi) is 3.02. The summed E-state index contributed by atoms with van der Waals surface area (Å²) in [6.45, 7) is 3.73. The molecule has 2 rings (SSSR count). The molecule has 1 aliphatic rings. The molecular weight excluding hydrogens is 228 g/mol. The van der Waals surface area contributed by atoms with E-state index < -0.39 is 5.60 Å². The minimum atomic E-state index is -0.580. The molecular formula is C12H15ClOS. The van der Waals surface area contributed by atoms with E-state index in [1.165, 1.54) is 10.5 Å². The van der Waals surface area contributed by atoms with Gasteiger partial charge in [0.2, 0.25) is 0 Å². The molecule has 15 heavy (non-hydrogen) atoms. The second kappa shape index (κ2) is 4.00. The molecule has 1 heterocycles. The first kappa shape index (κ1) is 11.3. The smallest absolute Gasteiger partial charge is 0.0602 e. The van der Waals surface area contributed by atoms with Crippen LogP contribution >= 0.6 is 23.4 Å². The Labute approximate surface area is 99.8 Å². The third-order valence-electron chi connectivity index (χ3n) is 2.49. The number of rotatable bonds is 2. The van der Waals surface area contributed by atoms with Gasteiger partial charge in [0.1, 0.15) is 0 Å². The Hall–Kier alpha value is -0.180. The molecule has 1 aliphatic heterocycles. The van der Waals surface area contributed by atoms with Crippen LogP contribution in [0.15, 0.2) is 23.1 Å². The van der Waals surface area contributed by atoms with Crippen LogP contribution in [0.4, 0.5) is 0 Å². The molecule has 1 aromatic rings. The van der Waals surface area contributed by atoms with E-state index in [1.807, 2.05) is 37.7 Å². The van der Waals surface area contributed by atoms with E-state index in [4.69, 9.17) is 11.6 Å². The van der Waals surface area contributed by atoms with E-state index in [1.54, 1.807) is 0 Å². The number of halogens is 1. The molecule has 0 radical (unpaired) electrons. The zero-order chi connectivity index (χ0) is 11.1. The molecule has 1 unspecified atom stereocenters. The maximum absolute atomic E-state index is 9.77. The quantitative estimate of drug-likeness (QED) is 0.857. The average Bonchev–Trinajstić information content (AvgIpc) is 2.42. The van der Waals surface area contributed by atoms with Crippen molar-refractivity contribution in [3.8, 4) is 0 Å². The zero-order valence-corrected chi connectivity index (χ0v) is 10.5. The summed E-state index contributed by atoms with van der Waals surface area (Å²) in [5.74, 6) is 0. The van der Waals surface area contributed by atoms with Gasteiger partial charge < -0.3 is 5.11 Å². The average molecular weight is 243 g/mol. The molecule has 0 saturated carbocycles. The maximum atomic E-state index is 9.77. The van der Waals surface area contributed by atoms with Crippen molar-refractivity contribution < 1.29 is 5.11 Å². The van der Waals surface area contributed by atoms with Crippen molar-refractivity contribution in [1.82, 2.24) is 0 Å². The number of hydrogen-bond donors (Lipinski definition) is 1. The molecule has 0 bridgehead atoms. The molecule has 1 atom stereocenters. The highest BCUT2D eigenvalue weighted by molar-refractivity contribution is 8.00. The third-order valence-corrected chi connectivity index (χ3v) is 4.04. The fourth-order valence-electron chi connectivity index (χ4n) is 1.96. The van der Waals surface area contributed by atoms with Gasteiger partial charge in [-0.2, -0.15) is 0 Å². The molecule has 0 spiro atoms. The summed E-state index contributed by atoms with van der Waals surface area (Å²) < 4.78 is 0. The van der Waals surface area contributed by atoms with Crippen LogP contribution in [0.5, 0.6) is 0 Å². The van der Waals surface area contributed by atoms with Gasteiger partial charge in [-0.15, -0.1) is 11.8 Å². The zero-order valence-electron chi connectivity index (χ0n) is 8.96. The summed E-state index contributed by atoms with van der Waals surface area (Å²) in [4.78, 5) is 1.31. The summed E-state index contributed by atoms with van der Waals surface area (Å²) in [6.07, 6.45) is 1.84. The maximum Gasteiger partial charge on any atom is 0.0602 e. The summed E-state index contributed by atoms with van der Waals surface area (Å²) in [7, 11) is 0. The Morgan fingerprint density at radius 2 is 2.27 bits per heavy atom. The van der Waals surface area contributed by atoms with Gasteiger partial charge >= 0.3 is 0 Å². The highest BCUT2D eigenvalue weighted by atomic mass is 35.5. The van der Waals surface area contributed by atoms with Crippen molar-refractivity contribution >= 4 is 23.4 Å². The number of fused-ring (bicyclic) bond motifs is 1. The van der Waals surface area contributed by atoms with Gasteiger partial charge in [0.25, 0.3) is 0 Å². The molecule has 0 amide bonds. The highest BCUT2D eigenvalue weighted by Crippen LogP contribution is 2.41. The molecule has 0 fully saturated rings. The fourth-order valence-corrected chi connectivity index (χ4v) is 3.71. The summed E-state index contributed by atoms with van der Waals surface area (Å²) in [6, 6.07) is 6.04. The van der Waals surface area contributed by atoms with Crippen LogP contribution < -0.4 is 0 Å². The van der Waals surface area contributed by atoms with Crippen LogP contribution in [-0.2, 0) is 6.42 Å². The Bertz CT molecular complexity index is 370. The van der Waals surface area contributed by atoms with Crippen LogP contribution in [0.25, 0.3) is 0 Å². The molecule has 1 nitrogen and oxygen atoms in total. The van der Waals surface area contributed by atoms with Crippen LogP contribution in [0, 0.1) is 0 Å². The first-order valence-electron chi connectivity index (χ1n) is 5.11. The highest BCUT2D eigenvalue weighted by Gasteiger charge is 2.27. The Balaban J connectivity index is 2.09. The minimum absolute atomic E-state index is 0.485. The number of benzene rings is 1. The number of aliphatic hydroxyl groups is 1. The van der Waals surface area contributed by atoms with Gasteiger partial charge in [0.05, 0.1) is 5.60 Å². The lowest BCUT2D eigenvalue weighted by Gasteiger charge is -2.20. The summed E-state index contributed by atoms with van der Waals surface area (Å²) >= 11 is 7.80. The first-order chi connectivity index (χ1) is 6.94. The van der Waals surface area contributed by atoms with Crippen molar-refractivity contribution in [1.29, 1.82) is 0 Å². The standard InChI is InChI=1S/C12H15ClOS/c1-12(2,14)7-10-6-8-5-9(13)3-4-11(8)15-10/h3-5,10,14H,6-7H2,1-2H3. The largest absolute Gasteiger partial charge is 0.390 e. The molecule has 0 saturated heterocycles. The van der Waals surface area contributed by atoms with Crippen LogP contribution in [0.3, 0.4) is 0 Å². The van der Waals surface area contributed by atoms with E-state index in [0.29, 0.717) is 5.25 Å². The second-order valence-electron chi connectivity index (χ2n) is 4.71. The van der Waals surface area contributed by atoms with Crippen LogP contribution in [-0.4, -0.2) is 16.0 Å². The predicted molar refractivity (Wildman–Crippen MR) is 65.7 cm³/mol. The number of thioether (sulfide) groups is 1. The van der Waals surface area contributed by atoms with Crippen molar-refractivity contribution in [3.63, 3.8) is 0 Å². The van der Waals surface area contributed by atoms with Gasteiger partial charge in [-0.05, 0) is 50.5 Å². The van der Waals surface area contributed by atoms with Gasteiger partial charge in [0, 0.05) is 15.2 Å². The summed E-state index contributed by atoms with van der Waals surface area (Å²) in [5.41, 5.74) is 0.741. The molecule has 82 valence electrons. The summed E-state index contributed by atoms with van der Waals surface area (Å²) in [5, 5.41) is 11.1. The molecule has 0 aliphatic carbocycles. The van der Waals surface area contributed by atoms with Gasteiger partial charge in [-0.3, -0.25) is 0 Å². The van der Waals surface area contributed by atoms with Gasteiger partial charge in [0.15, 0.2) is 0 Å². The lowest BCUT2D eigenvalue weighted by atomic mass is 9.99. The molecule has 0 aromatic heterocycles. The monoisotopic (exact) mass is 242 g/mol. The lowest BCUT2D eigenvalue weighted by molar-refractivity contribution is 0.0709. The van der Waals surface area contributed by atoms with Gasteiger partial charge in [-0.1, -0.05) is 11.6 Å². The Morgan fingerprint density at radius 3 is 2.93 bits per heavy atom. The van der Waals surface area contributed by atoms with Crippen molar-refractivity contribution in [2.24, 2.45) is 0 Å². The van der Waals surface area contributed by atoms with E-state index in [2.05, 4.69) is 6.07 Å². The van der Waals surface area contributed by atoms with Gasteiger partial charge in [-0.25, -0.2) is 0 Å². The van der Waals surface area contributed by atoms with Crippen LogP contribution in [0.2, 0.25) is 5.02 Å². The fraction of sp³-hybridized carbons (Fsp3) is 0.500. The predicted octanol–water partition coefficient (Wildman–Crippen LogP) is 3.52. The SMILES string of the molecule is CC(C)(O)CC1Cc2cc(Cl)ccc2S1. The third kappa shape index (κ3) is 2.90. The van der Waals surface area contributed by atoms with Crippen molar-refractivity contribution in [2.75, 3.05) is 0 Å². The van der Waals surface area contributed by atoms with E-state index in [0.717, 1.165) is 17.9 Å². The molecule has 1 aromatic carbocycles. The normalized spacial score (nSPS) is 20.4. The van der Waals surface area contributed by atoms with Crippen molar-refractivity contribution in [2.45, 2.75) is 42.4 Å². The molecule has 3 heteroatoms. The van der Waals surface area contributed by atoms with E-state index >= 15 is 0 Å². The minimum Gasteiger partial charge on any atom is -0.390 e. The van der Waals surface area contributed by atoms with E-state index in [-0.39, 0.29) is 0 Å². The van der Waals surface area contributed by atoms with Crippen LogP contribution in [0.1, 0.15) is 25.8 Å². The number of hydrogen-bond acceptors (Lipinski definition) is 2. The molecule has 1 N–H and O–H groups in total. The lowest BCUT2D eigenvalue weighted by Crippen LogP contribution is -2.24. The Morgan fingerprint density at radius 1 is 1.53 bits per heavy atom. The van der Waals surface area contributed by atoms with Crippen molar-refractivity contribution in [3.05, 3.63) is 28.8 Å². The van der Waals surface area contributed by atoms with E-state index in [9.17, 15) is 5.11 Å². The topological polar surface area (TPSA) is 20.2 Å². The second-order valence-corrected chi connectivity index (χ2v) is 6.49.